The van der Waals surface area contributed by atoms with Gasteiger partial charge < -0.3 is 28.6 Å². The number of ether oxygens (including phenoxy) is 3. The lowest BCUT2D eigenvalue weighted by atomic mass is 9.79. The summed E-state index contributed by atoms with van der Waals surface area (Å²) in [6, 6.07) is 36.9. The van der Waals surface area contributed by atoms with Crippen LogP contribution in [0.4, 0.5) is 8.78 Å². The minimum atomic E-state index is -0.914. The molecule has 7 rings (SSSR count). The molecule has 10 nitrogen and oxygen atoms in total. The lowest BCUT2D eigenvalue weighted by Crippen LogP contribution is -2.41. The minimum Gasteiger partial charge on any atom is -0.481 e. The molecule has 2 aromatic heterocycles. The number of hydrogen-bond donors (Lipinski definition) is 1. The maximum absolute atomic E-state index is 12.9. The maximum atomic E-state index is 12.9. The summed E-state index contributed by atoms with van der Waals surface area (Å²) in [6.07, 6.45) is 0.0522. The molecule has 0 spiro atoms. The van der Waals surface area contributed by atoms with Crippen molar-refractivity contribution in [3.8, 4) is 34.3 Å². The number of aromatic nitrogens is 2. The molecule has 1 aliphatic heterocycles. The molecule has 0 amide bonds. The van der Waals surface area contributed by atoms with Crippen LogP contribution in [0.25, 0.3) is 11.3 Å². The van der Waals surface area contributed by atoms with Crippen molar-refractivity contribution in [2.24, 2.45) is 0 Å². The molecule has 0 aliphatic carbocycles. The van der Waals surface area contributed by atoms with Crippen molar-refractivity contribution in [3.63, 3.8) is 0 Å². The van der Waals surface area contributed by atoms with Gasteiger partial charge in [-0.3, -0.25) is 14.6 Å². The number of nitrogens with zero attached hydrogens (tertiary/aromatic N) is 2. The number of esters is 1. The van der Waals surface area contributed by atoms with Crippen LogP contribution in [0.2, 0.25) is 5.15 Å². The summed E-state index contributed by atoms with van der Waals surface area (Å²) < 4.78 is 53.6. The molecular weight excluding hydrogens is 793 g/mol. The topological polar surface area (TPSA) is 126 Å². The number of hydrogen-bond acceptors (Lipinski definition) is 9. The molecular formula is C46H46BClF2N2O8. The minimum absolute atomic E-state index is 0. The fourth-order valence-corrected chi connectivity index (χ4v) is 5.49. The summed E-state index contributed by atoms with van der Waals surface area (Å²) in [7, 11) is 0.951. The van der Waals surface area contributed by atoms with E-state index in [0.29, 0.717) is 45.2 Å². The van der Waals surface area contributed by atoms with E-state index in [9.17, 15) is 18.4 Å². The van der Waals surface area contributed by atoms with Crippen molar-refractivity contribution in [1.82, 2.24) is 9.97 Å². The first-order valence-electron chi connectivity index (χ1n) is 18.4. The normalized spacial score (nSPS) is 13.3. The number of aliphatic carboxylic acids is 1. The zero-order valence-corrected chi connectivity index (χ0v) is 33.8. The largest absolute Gasteiger partial charge is 0.494 e. The Labute approximate surface area is 354 Å². The van der Waals surface area contributed by atoms with Gasteiger partial charge in [-0.1, -0.05) is 43.3 Å². The van der Waals surface area contributed by atoms with Crippen molar-refractivity contribution >= 4 is 36.1 Å². The average molecular weight is 839 g/mol. The number of carbonyl (C=O) groups excluding carboxylic acids is 1. The van der Waals surface area contributed by atoms with E-state index in [1.54, 1.807) is 66.7 Å². The maximum Gasteiger partial charge on any atom is 0.494 e. The molecule has 0 bridgehead atoms. The predicted molar refractivity (Wildman–Crippen MR) is 228 cm³/mol. The van der Waals surface area contributed by atoms with Gasteiger partial charge in [0.1, 0.15) is 39.8 Å². The van der Waals surface area contributed by atoms with E-state index >= 15 is 0 Å². The van der Waals surface area contributed by atoms with E-state index < -0.39 is 5.97 Å². The Morgan fingerprint density at radius 3 is 1.53 bits per heavy atom. The van der Waals surface area contributed by atoms with E-state index in [0.717, 1.165) is 11.0 Å². The number of methoxy groups -OCH3 is 1. The lowest BCUT2D eigenvalue weighted by molar-refractivity contribution is -0.140. The van der Waals surface area contributed by atoms with Gasteiger partial charge >= 0.3 is 19.1 Å². The second kappa shape index (κ2) is 21.2. The summed E-state index contributed by atoms with van der Waals surface area (Å²) in [5.74, 6) is 0.607. The average Bonchev–Trinajstić information content (AvgIpc) is 3.43. The number of rotatable bonds is 10. The van der Waals surface area contributed by atoms with E-state index in [-0.39, 0.29) is 56.2 Å². The highest BCUT2D eigenvalue weighted by Gasteiger charge is 2.51. The molecule has 0 saturated carbocycles. The van der Waals surface area contributed by atoms with Gasteiger partial charge in [-0.25, -0.2) is 13.8 Å². The van der Waals surface area contributed by atoms with Gasteiger partial charge in [-0.05, 0) is 142 Å². The Morgan fingerprint density at radius 2 is 1.08 bits per heavy atom. The number of halogens is 3. The predicted octanol–water partition coefficient (Wildman–Crippen LogP) is 10.3. The van der Waals surface area contributed by atoms with Crippen molar-refractivity contribution in [3.05, 3.63) is 162 Å². The van der Waals surface area contributed by atoms with Gasteiger partial charge in [0, 0.05) is 5.56 Å². The smallest absolute Gasteiger partial charge is 0.481 e. The quantitative estimate of drug-likeness (QED) is 0.0809. The van der Waals surface area contributed by atoms with Crippen LogP contribution in [0.5, 0.6) is 23.0 Å². The van der Waals surface area contributed by atoms with E-state index in [1.807, 2.05) is 70.2 Å². The summed E-state index contributed by atoms with van der Waals surface area (Å²) in [4.78, 5) is 29.8. The van der Waals surface area contributed by atoms with Crippen molar-refractivity contribution in [2.75, 3.05) is 7.11 Å². The Hall–Kier alpha value is -6.15. The van der Waals surface area contributed by atoms with Gasteiger partial charge in [0.2, 0.25) is 0 Å². The van der Waals surface area contributed by atoms with Crippen LogP contribution < -0.4 is 14.9 Å². The fourth-order valence-electron chi connectivity index (χ4n) is 5.31. The van der Waals surface area contributed by atoms with Crippen molar-refractivity contribution in [1.29, 1.82) is 0 Å². The first-order valence-corrected chi connectivity index (χ1v) is 18.8. The standard InChI is InChI=1S/C19H14FNO3.C18H20BFO3.C8H8ClNO2.CH4/c20-14-6-10-17(11-7-14)24-16-8-4-13(5-9-16)18-3-1-2-15(21-18)12-19(22)23;1-17(2)18(3,4)23-19(22-17)13-5-9-15(10-6-13)21-16-11-7-14(20)8-12-16;1-12-8(11)5-6-3-2-4-7(9)10-6;/h1-11H,12H2,(H,22,23);5-12H,1-4H3;2-4H,5H2,1H3;1H4. The summed E-state index contributed by atoms with van der Waals surface area (Å²) in [5.41, 5.74) is 2.90. The molecule has 4 aromatic carbocycles. The highest BCUT2D eigenvalue weighted by molar-refractivity contribution is 6.62. The number of carboxylic acids is 1. The van der Waals surface area contributed by atoms with Crippen molar-refractivity contribution in [2.45, 2.75) is 59.2 Å². The van der Waals surface area contributed by atoms with E-state index in [4.69, 9.17) is 35.5 Å². The summed E-state index contributed by atoms with van der Waals surface area (Å²) >= 11 is 5.61. The van der Waals surface area contributed by atoms with Crippen LogP contribution in [-0.4, -0.2) is 52.4 Å². The third-order valence-corrected chi connectivity index (χ3v) is 9.33. The molecule has 6 aromatic rings. The molecule has 1 saturated heterocycles. The Balaban J connectivity index is 0.000000208. The number of benzene rings is 4. The highest BCUT2D eigenvalue weighted by atomic mass is 35.5. The van der Waals surface area contributed by atoms with Gasteiger partial charge in [0.25, 0.3) is 0 Å². The van der Waals surface area contributed by atoms with Gasteiger partial charge in [0.05, 0.1) is 48.2 Å². The van der Waals surface area contributed by atoms with E-state index in [1.165, 1.54) is 31.4 Å². The van der Waals surface area contributed by atoms with Crippen LogP contribution in [0.15, 0.2) is 133 Å². The number of pyridine rings is 2. The number of carboxylic acid groups (broad SMARTS) is 1. The SMILES string of the molecule is C.CC1(C)OB(c2ccc(Oc3ccc(F)cc3)cc2)OC1(C)C.COC(=O)Cc1cccc(Cl)n1.O=C(O)Cc1cccc(-c2ccc(Oc3ccc(F)cc3)cc2)n1. The summed E-state index contributed by atoms with van der Waals surface area (Å²) in [6.45, 7) is 8.11. The molecule has 1 N–H and O–H groups in total. The van der Waals surface area contributed by atoms with Crippen molar-refractivity contribution < 1.29 is 47.0 Å². The third kappa shape index (κ3) is 13.7. The fraction of sp³-hybridized carbons (Fsp3) is 0.217. The molecule has 312 valence electrons. The second-order valence-corrected chi connectivity index (χ2v) is 14.5. The van der Waals surface area contributed by atoms with Gasteiger partial charge in [0.15, 0.2) is 0 Å². The third-order valence-electron chi connectivity index (χ3n) is 9.12. The monoisotopic (exact) mass is 838 g/mol. The van der Waals surface area contributed by atoms with Crippen LogP contribution in [0.1, 0.15) is 46.5 Å². The number of carbonyl (C=O) groups is 2. The van der Waals surface area contributed by atoms with Crippen LogP contribution in [0.3, 0.4) is 0 Å². The zero-order chi connectivity index (χ0) is 42.6. The zero-order valence-electron chi connectivity index (χ0n) is 33.0. The Bertz CT molecular complexity index is 2300. The molecule has 0 unspecified atom stereocenters. The first kappa shape index (κ1) is 46.5. The highest BCUT2D eigenvalue weighted by Crippen LogP contribution is 2.36. The molecule has 0 radical (unpaired) electrons. The van der Waals surface area contributed by atoms with Gasteiger partial charge in [-0.2, -0.15) is 0 Å². The van der Waals surface area contributed by atoms with Crippen LogP contribution >= 0.6 is 11.6 Å². The molecule has 3 heterocycles. The Morgan fingerprint density at radius 1 is 0.650 bits per heavy atom. The first-order chi connectivity index (χ1) is 28.1. The lowest BCUT2D eigenvalue weighted by Gasteiger charge is -2.32. The molecule has 0 atom stereocenters. The van der Waals surface area contributed by atoms with Gasteiger partial charge in [-0.15, -0.1) is 0 Å². The van der Waals surface area contributed by atoms with Crippen LogP contribution in [0, 0.1) is 11.6 Å². The second-order valence-electron chi connectivity index (χ2n) is 14.1. The molecule has 1 aliphatic rings. The van der Waals surface area contributed by atoms with E-state index in [2.05, 4.69) is 14.7 Å². The Kier molecular flexibility index (Phi) is 16.5. The molecule has 60 heavy (non-hydrogen) atoms. The molecule has 1 fully saturated rings. The van der Waals surface area contributed by atoms with Crippen LogP contribution in [-0.2, 0) is 36.5 Å². The summed E-state index contributed by atoms with van der Waals surface area (Å²) in [5, 5.41) is 9.23. The molecule has 14 heteroatoms.